The first-order valence-corrected chi connectivity index (χ1v) is 10.2. The molecule has 0 N–H and O–H groups in total. The van der Waals surface area contributed by atoms with Crippen LogP contribution in [-0.4, -0.2) is 79.8 Å². The fourth-order valence-corrected chi connectivity index (χ4v) is 4.90. The van der Waals surface area contributed by atoms with Crippen LogP contribution in [0.25, 0.3) is 0 Å². The van der Waals surface area contributed by atoms with Crippen molar-refractivity contribution in [3.63, 3.8) is 0 Å². The van der Waals surface area contributed by atoms with E-state index in [1.54, 1.807) is 18.2 Å². The SMILES string of the molecule is O=C1CC(C(=O)N2CCN(S(=O)(=O)c3ccccc3)CC2)CN1CC(F)(F)F. The summed E-state index contributed by atoms with van der Waals surface area (Å²) in [7, 11) is -3.66. The molecule has 2 aliphatic rings. The Morgan fingerprint density at radius 1 is 1.07 bits per heavy atom. The molecule has 7 nitrogen and oxygen atoms in total. The second-order valence-corrected chi connectivity index (χ2v) is 8.77. The highest BCUT2D eigenvalue weighted by Crippen LogP contribution is 2.26. The summed E-state index contributed by atoms with van der Waals surface area (Å²) in [5, 5.41) is 0. The zero-order chi connectivity index (χ0) is 20.5. The Kier molecular flexibility index (Phi) is 5.67. The van der Waals surface area contributed by atoms with E-state index in [4.69, 9.17) is 0 Å². The Hall–Kier alpha value is -2.14. The Labute approximate surface area is 160 Å². The van der Waals surface area contributed by atoms with Crippen LogP contribution in [0.1, 0.15) is 6.42 Å². The Morgan fingerprint density at radius 2 is 1.68 bits per heavy atom. The van der Waals surface area contributed by atoms with Crippen molar-refractivity contribution >= 4 is 21.8 Å². The maximum absolute atomic E-state index is 12.6. The number of rotatable bonds is 4. The van der Waals surface area contributed by atoms with E-state index in [0.717, 1.165) is 0 Å². The summed E-state index contributed by atoms with van der Waals surface area (Å²) in [6.07, 6.45) is -4.76. The molecule has 2 heterocycles. The number of sulfonamides is 1. The number of amides is 2. The molecule has 0 radical (unpaired) electrons. The highest BCUT2D eigenvalue weighted by atomic mass is 32.2. The quantitative estimate of drug-likeness (QED) is 0.728. The van der Waals surface area contributed by atoms with Crippen LogP contribution in [-0.2, 0) is 19.6 Å². The smallest absolute Gasteiger partial charge is 0.340 e. The minimum Gasteiger partial charge on any atom is -0.340 e. The van der Waals surface area contributed by atoms with Crippen molar-refractivity contribution in [2.45, 2.75) is 17.5 Å². The fourth-order valence-electron chi connectivity index (χ4n) is 3.46. The minimum atomic E-state index is -4.51. The number of carbonyl (C=O) groups is 2. The third kappa shape index (κ3) is 4.46. The average Bonchev–Trinajstić information content (AvgIpc) is 3.00. The number of carbonyl (C=O) groups excluding carboxylic acids is 2. The molecule has 28 heavy (non-hydrogen) atoms. The van der Waals surface area contributed by atoms with Crippen LogP contribution in [0, 0.1) is 5.92 Å². The number of hydrogen-bond donors (Lipinski definition) is 0. The lowest BCUT2D eigenvalue weighted by Crippen LogP contribution is -2.52. The van der Waals surface area contributed by atoms with E-state index in [1.165, 1.54) is 21.3 Å². The van der Waals surface area contributed by atoms with Gasteiger partial charge in [0.15, 0.2) is 0 Å². The molecular weight excluding hydrogens is 399 g/mol. The van der Waals surface area contributed by atoms with E-state index in [-0.39, 0.29) is 44.0 Å². The van der Waals surface area contributed by atoms with Crippen LogP contribution in [0.2, 0.25) is 0 Å². The van der Waals surface area contributed by atoms with E-state index in [2.05, 4.69) is 0 Å². The highest BCUT2D eigenvalue weighted by molar-refractivity contribution is 7.89. The predicted molar refractivity (Wildman–Crippen MR) is 92.5 cm³/mol. The van der Waals surface area contributed by atoms with Crippen LogP contribution >= 0.6 is 0 Å². The van der Waals surface area contributed by atoms with Gasteiger partial charge in [0, 0.05) is 39.1 Å². The molecule has 2 fully saturated rings. The molecule has 2 amide bonds. The second kappa shape index (κ2) is 7.70. The lowest BCUT2D eigenvalue weighted by molar-refractivity contribution is -0.157. The van der Waals surface area contributed by atoms with Gasteiger partial charge in [0.05, 0.1) is 10.8 Å². The molecule has 0 aromatic heterocycles. The van der Waals surface area contributed by atoms with E-state index < -0.39 is 40.5 Å². The molecule has 0 aliphatic carbocycles. The summed E-state index contributed by atoms with van der Waals surface area (Å²) in [5.74, 6) is -1.93. The van der Waals surface area contributed by atoms with Gasteiger partial charge in [-0.1, -0.05) is 18.2 Å². The number of halogens is 3. The van der Waals surface area contributed by atoms with Gasteiger partial charge >= 0.3 is 6.18 Å². The van der Waals surface area contributed by atoms with Crippen molar-refractivity contribution in [3.8, 4) is 0 Å². The molecule has 1 unspecified atom stereocenters. The molecule has 0 spiro atoms. The van der Waals surface area contributed by atoms with E-state index in [9.17, 15) is 31.2 Å². The molecular formula is C17H20F3N3O4S. The van der Waals surface area contributed by atoms with Crippen molar-refractivity contribution in [3.05, 3.63) is 30.3 Å². The molecule has 154 valence electrons. The zero-order valence-corrected chi connectivity index (χ0v) is 15.7. The fraction of sp³-hybridized carbons (Fsp3) is 0.529. The zero-order valence-electron chi connectivity index (χ0n) is 14.9. The third-order valence-corrected chi connectivity index (χ3v) is 6.78. The monoisotopic (exact) mass is 419 g/mol. The van der Waals surface area contributed by atoms with Crippen LogP contribution < -0.4 is 0 Å². The molecule has 11 heteroatoms. The second-order valence-electron chi connectivity index (χ2n) is 6.83. The van der Waals surface area contributed by atoms with E-state index in [0.29, 0.717) is 4.90 Å². The molecule has 1 aromatic rings. The first kappa shape index (κ1) is 20.6. The summed E-state index contributed by atoms with van der Waals surface area (Å²) >= 11 is 0. The van der Waals surface area contributed by atoms with Crippen molar-refractivity contribution in [2.75, 3.05) is 39.3 Å². The van der Waals surface area contributed by atoms with Gasteiger partial charge in [0.25, 0.3) is 0 Å². The summed E-state index contributed by atoms with van der Waals surface area (Å²) in [6, 6.07) is 7.94. The molecule has 1 atom stereocenters. The lowest BCUT2D eigenvalue weighted by Gasteiger charge is -2.35. The number of hydrogen-bond acceptors (Lipinski definition) is 4. The maximum atomic E-state index is 12.6. The number of nitrogens with zero attached hydrogens (tertiary/aromatic N) is 3. The molecule has 2 aliphatic heterocycles. The van der Waals surface area contributed by atoms with Gasteiger partial charge in [-0.25, -0.2) is 8.42 Å². The Morgan fingerprint density at radius 3 is 2.25 bits per heavy atom. The molecule has 2 saturated heterocycles. The van der Waals surface area contributed by atoms with Crippen molar-refractivity contribution in [1.29, 1.82) is 0 Å². The molecule has 1 aromatic carbocycles. The molecule has 0 bridgehead atoms. The van der Waals surface area contributed by atoms with Gasteiger partial charge in [0.1, 0.15) is 6.54 Å². The summed E-state index contributed by atoms with van der Waals surface area (Å²) < 4.78 is 64.0. The minimum absolute atomic E-state index is 0.0932. The van der Waals surface area contributed by atoms with Crippen LogP contribution in [0.4, 0.5) is 13.2 Å². The van der Waals surface area contributed by atoms with Gasteiger partial charge in [-0.05, 0) is 12.1 Å². The average molecular weight is 419 g/mol. The number of piperazine rings is 1. The largest absolute Gasteiger partial charge is 0.406 e. The molecule has 3 rings (SSSR count). The number of benzene rings is 1. The normalized spacial score (nSPS) is 22.0. The predicted octanol–water partition coefficient (Wildman–Crippen LogP) is 0.930. The first-order valence-electron chi connectivity index (χ1n) is 8.76. The number of alkyl halides is 3. The maximum Gasteiger partial charge on any atom is 0.406 e. The van der Waals surface area contributed by atoms with Crippen molar-refractivity contribution in [2.24, 2.45) is 5.92 Å². The standard InChI is InChI=1S/C17H20F3N3O4S/c18-17(19,20)12-22-11-13(10-15(22)24)16(25)21-6-8-23(9-7-21)28(26,27)14-4-2-1-3-5-14/h1-5,13H,6-12H2. The first-order chi connectivity index (χ1) is 13.1. The van der Waals surface area contributed by atoms with E-state index in [1.807, 2.05) is 0 Å². The van der Waals surface area contributed by atoms with Crippen LogP contribution in [0.5, 0.6) is 0 Å². The van der Waals surface area contributed by atoms with E-state index >= 15 is 0 Å². The summed E-state index contributed by atoms with van der Waals surface area (Å²) in [6.45, 7) is -1.17. The Bertz CT molecular complexity index is 837. The lowest BCUT2D eigenvalue weighted by atomic mass is 10.1. The van der Waals surface area contributed by atoms with Gasteiger partial charge in [-0.15, -0.1) is 0 Å². The van der Waals surface area contributed by atoms with Gasteiger partial charge < -0.3 is 9.80 Å². The van der Waals surface area contributed by atoms with Crippen LogP contribution in [0.15, 0.2) is 35.2 Å². The third-order valence-electron chi connectivity index (χ3n) is 4.87. The summed E-state index contributed by atoms with van der Waals surface area (Å²) in [5.41, 5.74) is 0. The van der Waals surface area contributed by atoms with Gasteiger partial charge in [-0.3, -0.25) is 9.59 Å². The van der Waals surface area contributed by atoms with Crippen molar-refractivity contribution in [1.82, 2.24) is 14.1 Å². The number of likely N-dealkylation sites (tertiary alicyclic amines) is 1. The van der Waals surface area contributed by atoms with Crippen LogP contribution in [0.3, 0.4) is 0 Å². The van der Waals surface area contributed by atoms with Gasteiger partial charge in [-0.2, -0.15) is 17.5 Å². The topological polar surface area (TPSA) is 78.0 Å². The van der Waals surface area contributed by atoms with Crippen molar-refractivity contribution < 1.29 is 31.2 Å². The molecule has 0 saturated carbocycles. The summed E-state index contributed by atoms with van der Waals surface area (Å²) in [4.78, 5) is 26.6. The highest BCUT2D eigenvalue weighted by Gasteiger charge is 2.42. The van der Waals surface area contributed by atoms with Gasteiger partial charge in [0.2, 0.25) is 21.8 Å². The Balaban J connectivity index is 1.58.